The average molecular weight is 469 g/mol. The molecule has 0 fully saturated rings. The van der Waals surface area contributed by atoms with Gasteiger partial charge in [0, 0.05) is 12.4 Å². The second kappa shape index (κ2) is 16.0. The molecule has 0 amide bonds. The van der Waals surface area contributed by atoms with Crippen molar-refractivity contribution in [2.75, 3.05) is 0 Å². The standard InChI is InChI=1S/C28H40N2O4/c1-3-5-7-9-11-13-15-22-19-23(16-14-12-10-8-6-4-2)26(24(20-22)27(31)32)28(33)34-25-21-29-17-18-30-25/h17-21H,3-16H2,1-2H3,(H,31,32). The first kappa shape index (κ1) is 27.5. The van der Waals surface area contributed by atoms with E-state index >= 15 is 0 Å². The van der Waals surface area contributed by atoms with Gasteiger partial charge >= 0.3 is 11.9 Å². The van der Waals surface area contributed by atoms with E-state index in [9.17, 15) is 14.7 Å². The lowest BCUT2D eigenvalue weighted by molar-refractivity contribution is 0.0664. The number of esters is 1. The summed E-state index contributed by atoms with van der Waals surface area (Å²) in [4.78, 5) is 33.1. The van der Waals surface area contributed by atoms with Crippen LogP contribution in [0.1, 0.15) is 123 Å². The molecule has 1 N–H and O–H groups in total. The largest absolute Gasteiger partial charge is 0.478 e. The Labute approximate surface area is 204 Å². The molecule has 2 aromatic rings. The van der Waals surface area contributed by atoms with Crippen LogP contribution in [0.2, 0.25) is 0 Å². The predicted molar refractivity (Wildman–Crippen MR) is 135 cm³/mol. The normalized spacial score (nSPS) is 10.9. The Kier molecular flexibility index (Phi) is 12.9. The highest BCUT2D eigenvalue weighted by atomic mass is 16.5. The number of hydrogen-bond donors (Lipinski definition) is 1. The van der Waals surface area contributed by atoms with E-state index in [0.717, 1.165) is 49.7 Å². The topological polar surface area (TPSA) is 89.4 Å². The number of hydrogen-bond acceptors (Lipinski definition) is 5. The summed E-state index contributed by atoms with van der Waals surface area (Å²) >= 11 is 0. The molecule has 0 aliphatic heterocycles. The number of unbranched alkanes of at least 4 members (excludes halogenated alkanes) is 10. The second-order valence-electron chi connectivity index (χ2n) is 8.95. The van der Waals surface area contributed by atoms with Gasteiger partial charge < -0.3 is 9.84 Å². The highest BCUT2D eigenvalue weighted by Crippen LogP contribution is 2.24. The molecule has 0 saturated heterocycles. The van der Waals surface area contributed by atoms with Gasteiger partial charge in [0.1, 0.15) is 0 Å². The number of carbonyl (C=O) groups excluding carboxylic acids is 1. The number of aryl methyl sites for hydroxylation is 2. The van der Waals surface area contributed by atoms with Gasteiger partial charge in [0.25, 0.3) is 0 Å². The molecule has 0 aliphatic carbocycles. The lowest BCUT2D eigenvalue weighted by atomic mass is 9.92. The van der Waals surface area contributed by atoms with Crippen molar-refractivity contribution in [3.63, 3.8) is 0 Å². The molecule has 6 nitrogen and oxygen atoms in total. The fraction of sp³-hybridized carbons (Fsp3) is 0.571. The maximum absolute atomic E-state index is 13.1. The third kappa shape index (κ3) is 9.62. The Bertz CT molecular complexity index is 883. The molecule has 1 aromatic heterocycles. The first-order valence-electron chi connectivity index (χ1n) is 12.9. The van der Waals surface area contributed by atoms with Crippen LogP contribution in [0.4, 0.5) is 0 Å². The van der Waals surface area contributed by atoms with Crippen molar-refractivity contribution >= 4 is 11.9 Å². The molecule has 0 saturated carbocycles. The van der Waals surface area contributed by atoms with Gasteiger partial charge in [-0.05, 0) is 42.9 Å². The summed E-state index contributed by atoms with van der Waals surface area (Å²) in [7, 11) is 0. The maximum atomic E-state index is 13.1. The zero-order valence-corrected chi connectivity index (χ0v) is 20.9. The number of carbonyl (C=O) groups is 2. The van der Waals surface area contributed by atoms with Gasteiger partial charge in [-0.1, -0.05) is 84.1 Å². The van der Waals surface area contributed by atoms with E-state index < -0.39 is 11.9 Å². The zero-order chi connectivity index (χ0) is 24.6. The van der Waals surface area contributed by atoms with Gasteiger partial charge in [0.2, 0.25) is 5.88 Å². The molecule has 0 atom stereocenters. The van der Waals surface area contributed by atoms with E-state index in [1.165, 1.54) is 63.5 Å². The van der Waals surface area contributed by atoms with E-state index in [2.05, 4.69) is 23.8 Å². The van der Waals surface area contributed by atoms with E-state index in [0.29, 0.717) is 6.42 Å². The summed E-state index contributed by atoms with van der Waals surface area (Å²) in [5, 5.41) is 9.93. The Balaban J connectivity index is 2.20. The van der Waals surface area contributed by atoms with Crippen molar-refractivity contribution in [1.29, 1.82) is 0 Å². The fourth-order valence-electron chi connectivity index (χ4n) is 4.21. The number of aromatic carboxylic acids is 1. The minimum absolute atomic E-state index is 0.0124. The summed E-state index contributed by atoms with van der Waals surface area (Å²) in [6.07, 6.45) is 19.6. The zero-order valence-electron chi connectivity index (χ0n) is 20.9. The molecule has 0 aliphatic rings. The molecule has 0 spiro atoms. The number of ether oxygens (including phenoxy) is 1. The van der Waals surface area contributed by atoms with Crippen molar-refractivity contribution in [2.45, 2.75) is 104 Å². The smallest absolute Gasteiger partial charge is 0.346 e. The Hall–Kier alpha value is -2.76. The van der Waals surface area contributed by atoms with Crippen LogP contribution in [0.3, 0.4) is 0 Å². The molecule has 2 rings (SSSR count). The summed E-state index contributed by atoms with van der Waals surface area (Å²) in [5.74, 6) is -1.74. The molecule has 1 aromatic carbocycles. The van der Waals surface area contributed by atoms with Gasteiger partial charge in [-0.3, -0.25) is 4.98 Å². The maximum Gasteiger partial charge on any atom is 0.346 e. The monoisotopic (exact) mass is 468 g/mol. The SMILES string of the molecule is CCCCCCCCc1cc(CCCCCCCC)c(C(=O)Oc2cnccn2)c(C(=O)O)c1. The van der Waals surface area contributed by atoms with Crippen LogP contribution in [0, 0.1) is 0 Å². The van der Waals surface area contributed by atoms with E-state index in [1.807, 2.05) is 6.07 Å². The van der Waals surface area contributed by atoms with Crippen LogP contribution in [-0.2, 0) is 12.8 Å². The summed E-state index contributed by atoms with van der Waals surface area (Å²) in [6, 6.07) is 3.66. The third-order valence-electron chi connectivity index (χ3n) is 6.07. The van der Waals surface area contributed by atoms with Crippen molar-refractivity contribution in [3.05, 3.63) is 53.0 Å². The minimum atomic E-state index is -1.11. The van der Waals surface area contributed by atoms with Crippen molar-refractivity contribution in [2.24, 2.45) is 0 Å². The molecule has 6 heteroatoms. The second-order valence-corrected chi connectivity index (χ2v) is 8.95. The van der Waals surface area contributed by atoms with E-state index in [1.54, 1.807) is 6.07 Å². The number of carboxylic acid groups (broad SMARTS) is 1. The van der Waals surface area contributed by atoms with Crippen LogP contribution in [0.25, 0.3) is 0 Å². The highest BCUT2D eigenvalue weighted by Gasteiger charge is 2.24. The molecular formula is C28H40N2O4. The number of benzene rings is 1. The average Bonchev–Trinajstić information content (AvgIpc) is 2.83. The first-order chi connectivity index (χ1) is 16.6. The minimum Gasteiger partial charge on any atom is -0.478 e. The quantitative estimate of drug-likeness (QED) is 0.195. The summed E-state index contributed by atoms with van der Waals surface area (Å²) in [6.45, 7) is 4.40. The fourth-order valence-corrected chi connectivity index (χ4v) is 4.21. The number of rotatable bonds is 17. The van der Waals surface area contributed by atoms with Crippen LogP contribution in [0.5, 0.6) is 5.88 Å². The number of nitrogens with zero attached hydrogens (tertiary/aromatic N) is 2. The van der Waals surface area contributed by atoms with Crippen LogP contribution >= 0.6 is 0 Å². The number of carboxylic acids is 1. The highest BCUT2D eigenvalue weighted by molar-refractivity contribution is 6.04. The molecule has 0 radical (unpaired) electrons. The van der Waals surface area contributed by atoms with Crippen LogP contribution < -0.4 is 4.74 Å². The molecule has 1 heterocycles. The lowest BCUT2D eigenvalue weighted by Gasteiger charge is -2.15. The van der Waals surface area contributed by atoms with Gasteiger partial charge in [-0.2, -0.15) is 0 Å². The van der Waals surface area contributed by atoms with E-state index in [4.69, 9.17) is 4.74 Å². The Morgan fingerprint density at radius 3 is 2.03 bits per heavy atom. The van der Waals surface area contributed by atoms with E-state index in [-0.39, 0.29) is 17.0 Å². The molecule has 0 unspecified atom stereocenters. The lowest BCUT2D eigenvalue weighted by Crippen LogP contribution is -2.18. The van der Waals surface area contributed by atoms with Gasteiger partial charge in [0.05, 0.1) is 17.3 Å². The van der Waals surface area contributed by atoms with Gasteiger partial charge in [-0.25, -0.2) is 14.6 Å². The Morgan fingerprint density at radius 2 is 1.44 bits per heavy atom. The Morgan fingerprint density at radius 1 is 0.824 bits per heavy atom. The summed E-state index contributed by atoms with van der Waals surface area (Å²) < 4.78 is 5.39. The third-order valence-corrected chi connectivity index (χ3v) is 6.07. The first-order valence-corrected chi connectivity index (χ1v) is 12.9. The molecule has 0 bridgehead atoms. The molecule has 186 valence electrons. The van der Waals surface area contributed by atoms with Crippen LogP contribution in [0.15, 0.2) is 30.7 Å². The van der Waals surface area contributed by atoms with Crippen molar-refractivity contribution in [1.82, 2.24) is 9.97 Å². The van der Waals surface area contributed by atoms with Gasteiger partial charge in [0.15, 0.2) is 0 Å². The van der Waals surface area contributed by atoms with Crippen LogP contribution in [-0.4, -0.2) is 27.0 Å². The molecule has 34 heavy (non-hydrogen) atoms. The summed E-state index contributed by atoms with van der Waals surface area (Å²) in [5.41, 5.74) is 1.88. The predicted octanol–water partition coefficient (Wildman–Crippen LogP) is 7.20. The van der Waals surface area contributed by atoms with Crippen molar-refractivity contribution in [3.8, 4) is 5.88 Å². The van der Waals surface area contributed by atoms with Crippen molar-refractivity contribution < 1.29 is 19.4 Å². The number of aromatic nitrogens is 2. The van der Waals surface area contributed by atoms with Gasteiger partial charge in [-0.15, -0.1) is 0 Å². The molecular weight excluding hydrogens is 428 g/mol.